The van der Waals surface area contributed by atoms with E-state index in [1.807, 2.05) is 0 Å². The van der Waals surface area contributed by atoms with Crippen LogP contribution in [-0.2, 0) is 0 Å². The molecule has 0 N–H and O–H groups in total. The predicted octanol–water partition coefficient (Wildman–Crippen LogP) is 2.55. The van der Waals surface area contributed by atoms with Crippen LogP contribution in [0.25, 0.3) is 0 Å². The maximum Gasteiger partial charge on any atom is 0.000661 e. The molecule has 1 fully saturated rings. The molecule has 1 saturated heterocycles. The van der Waals surface area contributed by atoms with E-state index in [4.69, 9.17) is 0 Å². The molecule has 0 bridgehead atoms. The molecule has 1 aliphatic rings. The van der Waals surface area contributed by atoms with E-state index < -0.39 is 0 Å². The van der Waals surface area contributed by atoms with E-state index in [9.17, 15) is 0 Å². The molecule has 2 heteroatoms. The highest BCUT2D eigenvalue weighted by molar-refractivity contribution is 5.85. The van der Waals surface area contributed by atoms with Gasteiger partial charge in [0, 0.05) is 6.54 Å². The van der Waals surface area contributed by atoms with Crippen molar-refractivity contribution >= 4 is 12.4 Å². The zero-order valence-electron chi connectivity index (χ0n) is 7.68. The maximum absolute atomic E-state index is 2.46. The van der Waals surface area contributed by atoms with Gasteiger partial charge in [-0.1, -0.05) is 13.3 Å². The summed E-state index contributed by atoms with van der Waals surface area (Å²) < 4.78 is 0. The zero-order chi connectivity index (χ0) is 7.40. The van der Waals surface area contributed by atoms with E-state index in [1.54, 1.807) is 0 Å². The van der Waals surface area contributed by atoms with Gasteiger partial charge >= 0.3 is 0 Å². The molecule has 1 rings (SSSR count). The highest BCUT2D eigenvalue weighted by Gasteiger charge is 2.15. The normalized spacial score (nSPS) is 26.2. The number of piperidine rings is 1. The van der Waals surface area contributed by atoms with Crippen LogP contribution in [0, 0.1) is 5.92 Å². The second kappa shape index (κ2) is 5.84. The zero-order valence-corrected chi connectivity index (χ0v) is 8.49. The summed E-state index contributed by atoms with van der Waals surface area (Å²) in [5.74, 6) is 1.00. The fraction of sp³-hybridized carbons (Fsp3) is 1.00. The van der Waals surface area contributed by atoms with Crippen molar-refractivity contribution in [2.45, 2.75) is 32.6 Å². The van der Waals surface area contributed by atoms with E-state index in [0.717, 1.165) is 5.92 Å². The van der Waals surface area contributed by atoms with E-state index in [-0.39, 0.29) is 12.4 Å². The van der Waals surface area contributed by atoms with Crippen molar-refractivity contribution in [1.82, 2.24) is 4.90 Å². The lowest BCUT2D eigenvalue weighted by molar-refractivity contribution is 0.201. The Balaban J connectivity index is 0.000001000. The second-order valence-corrected chi connectivity index (χ2v) is 3.56. The molecule has 0 spiro atoms. The largest absolute Gasteiger partial charge is 0.306 e. The molecule has 1 atom stereocenters. The number of likely N-dealkylation sites (tertiary alicyclic amines) is 1. The Kier molecular flexibility index (Phi) is 5.98. The van der Waals surface area contributed by atoms with Crippen LogP contribution in [0.2, 0.25) is 0 Å². The Labute approximate surface area is 76.6 Å². The van der Waals surface area contributed by atoms with Crippen LogP contribution in [0.4, 0.5) is 0 Å². The van der Waals surface area contributed by atoms with Gasteiger partial charge in [0.25, 0.3) is 0 Å². The van der Waals surface area contributed by atoms with Crippen molar-refractivity contribution in [3.8, 4) is 0 Å². The number of halogens is 1. The third kappa shape index (κ3) is 3.97. The van der Waals surface area contributed by atoms with Gasteiger partial charge in [-0.05, 0) is 38.8 Å². The standard InChI is InChI=1S/C9H19N.ClH/c1-3-5-9-6-4-7-10(2)8-9;/h9H,3-8H2,1-2H3;1H. The van der Waals surface area contributed by atoms with Crippen LogP contribution in [0.5, 0.6) is 0 Å². The molecule has 1 aliphatic heterocycles. The van der Waals surface area contributed by atoms with Crippen molar-refractivity contribution in [3.63, 3.8) is 0 Å². The van der Waals surface area contributed by atoms with Gasteiger partial charge in [0.2, 0.25) is 0 Å². The Morgan fingerprint density at radius 3 is 2.73 bits per heavy atom. The first-order valence-electron chi connectivity index (χ1n) is 4.51. The van der Waals surface area contributed by atoms with Crippen molar-refractivity contribution in [3.05, 3.63) is 0 Å². The Morgan fingerprint density at radius 2 is 2.18 bits per heavy atom. The van der Waals surface area contributed by atoms with Crippen LogP contribution >= 0.6 is 12.4 Å². The fourth-order valence-electron chi connectivity index (χ4n) is 1.92. The second-order valence-electron chi connectivity index (χ2n) is 3.56. The lowest BCUT2D eigenvalue weighted by atomic mass is 9.94. The number of rotatable bonds is 2. The third-order valence-electron chi connectivity index (χ3n) is 2.42. The van der Waals surface area contributed by atoms with E-state index in [0.29, 0.717) is 0 Å². The summed E-state index contributed by atoms with van der Waals surface area (Å²) in [6.07, 6.45) is 5.68. The molecule has 1 heterocycles. The first-order valence-corrected chi connectivity index (χ1v) is 4.51. The molecule has 0 saturated carbocycles. The van der Waals surface area contributed by atoms with Crippen molar-refractivity contribution in [2.24, 2.45) is 5.92 Å². The summed E-state index contributed by atoms with van der Waals surface area (Å²) in [5.41, 5.74) is 0. The summed E-state index contributed by atoms with van der Waals surface area (Å²) in [4.78, 5) is 2.46. The average Bonchev–Trinajstić information content (AvgIpc) is 1.88. The molecular weight excluding hydrogens is 158 g/mol. The fourth-order valence-corrected chi connectivity index (χ4v) is 1.92. The van der Waals surface area contributed by atoms with E-state index in [2.05, 4.69) is 18.9 Å². The molecule has 0 amide bonds. The molecule has 1 unspecified atom stereocenters. The van der Waals surface area contributed by atoms with Gasteiger partial charge in [-0.15, -0.1) is 12.4 Å². The molecule has 1 nitrogen and oxygen atoms in total. The van der Waals surface area contributed by atoms with E-state index >= 15 is 0 Å². The van der Waals surface area contributed by atoms with Gasteiger partial charge in [0.05, 0.1) is 0 Å². The summed E-state index contributed by atoms with van der Waals surface area (Å²) in [5, 5.41) is 0. The smallest absolute Gasteiger partial charge is 0.000661 e. The minimum Gasteiger partial charge on any atom is -0.306 e. The predicted molar refractivity (Wildman–Crippen MR) is 52.4 cm³/mol. The molecule has 0 radical (unpaired) electrons. The molecule has 0 aromatic carbocycles. The number of hydrogen-bond acceptors (Lipinski definition) is 1. The van der Waals surface area contributed by atoms with Crippen molar-refractivity contribution in [2.75, 3.05) is 20.1 Å². The third-order valence-corrected chi connectivity index (χ3v) is 2.42. The van der Waals surface area contributed by atoms with Crippen LogP contribution in [0.1, 0.15) is 32.6 Å². The highest BCUT2D eigenvalue weighted by atomic mass is 35.5. The lowest BCUT2D eigenvalue weighted by Crippen LogP contribution is -2.31. The van der Waals surface area contributed by atoms with Gasteiger partial charge < -0.3 is 4.90 Å². The monoisotopic (exact) mass is 177 g/mol. The highest BCUT2D eigenvalue weighted by Crippen LogP contribution is 2.19. The number of hydrogen-bond donors (Lipinski definition) is 0. The van der Waals surface area contributed by atoms with Crippen LogP contribution in [-0.4, -0.2) is 25.0 Å². The Morgan fingerprint density at radius 1 is 1.45 bits per heavy atom. The minimum absolute atomic E-state index is 0. The summed E-state index contributed by atoms with van der Waals surface area (Å²) in [7, 11) is 2.24. The van der Waals surface area contributed by atoms with Gasteiger partial charge in [-0.2, -0.15) is 0 Å². The molecule has 0 aromatic heterocycles. The molecule has 0 aromatic rings. The van der Waals surface area contributed by atoms with Crippen LogP contribution in [0.15, 0.2) is 0 Å². The van der Waals surface area contributed by atoms with Crippen molar-refractivity contribution in [1.29, 1.82) is 0 Å². The Hall–Kier alpha value is 0.250. The summed E-state index contributed by atoms with van der Waals surface area (Å²) >= 11 is 0. The van der Waals surface area contributed by atoms with Crippen LogP contribution in [0.3, 0.4) is 0 Å². The van der Waals surface area contributed by atoms with E-state index in [1.165, 1.54) is 38.8 Å². The molecule has 68 valence electrons. The molecule has 0 aliphatic carbocycles. The van der Waals surface area contributed by atoms with Gasteiger partial charge in [0.1, 0.15) is 0 Å². The molecule has 11 heavy (non-hydrogen) atoms. The Bertz CT molecular complexity index is 93.6. The first kappa shape index (κ1) is 11.2. The van der Waals surface area contributed by atoms with Gasteiger partial charge in [0.15, 0.2) is 0 Å². The van der Waals surface area contributed by atoms with Crippen molar-refractivity contribution < 1.29 is 0 Å². The average molecular weight is 178 g/mol. The van der Waals surface area contributed by atoms with Gasteiger partial charge in [-0.3, -0.25) is 0 Å². The minimum atomic E-state index is 0. The maximum atomic E-state index is 2.46. The molecular formula is C9H20ClN. The summed E-state index contributed by atoms with van der Waals surface area (Å²) in [6, 6.07) is 0. The lowest BCUT2D eigenvalue weighted by Gasteiger charge is -2.29. The first-order chi connectivity index (χ1) is 4.83. The quantitative estimate of drug-likeness (QED) is 0.627. The van der Waals surface area contributed by atoms with Gasteiger partial charge in [-0.25, -0.2) is 0 Å². The SMILES string of the molecule is CCCC1CCCN(C)C1.Cl. The summed E-state index contributed by atoms with van der Waals surface area (Å²) in [6.45, 7) is 4.95. The topological polar surface area (TPSA) is 3.24 Å². The van der Waals surface area contributed by atoms with Crippen LogP contribution < -0.4 is 0 Å². The number of nitrogens with zero attached hydrogens (tertiary/aromatic N) is 1.